The van der Waals surface area contributed by atoms with Crippen LogP contribution in [0.3, 0.4) is 0 Å². The van der Waals surface area contributed by atoms with Gasteiger partial charge in [-0.3, -0.25) is 0 Å². The molecular weight excluding hydrogens is 260 g/mol. The maximum atomic E-state index is 5.77. The highest BCUT2D eigenvalue weighted by molar-refractivity contribution is 5.20. The lowest BCUT2D eigenvalue weighted by Crippen LogP contribution is -2.47. The van der Waals surface area contributed by atoms with E-state index in [1.54, 1.807) is 0 Å². The van der Waals surface area contributed by atoms with Gasteiger partial charge in [0, 0.05) is 18.6 Å². The summed E-state index contributed by atoms with van der Waals surface area (Å²) in [6.45, 7) is 2.92. The van der Waals surface area contributed by atoms with Gasteiger partial charge in [-0.1, -0.05) is 31.0 Å². The SMILES string of the molecule is c1ccc(OCCNC2CCCC2C2CCCCN2)cc1. The molecule has 0 bridgehead atoms. The summed E-state index contributed by atoms with van der Waals surface area (Å²) in [4.78, 5) is 0. The van der Waals surface area contributed by atoms with Crippen LogP contribution in [0.15, 0.2) is 30.3 Å². The Bertz CT molecular complexity index is 403. The van der Waals surface area contributed by atoms with Gasteiger partial charge in [0.1, 0.15) is 12.4 Å². The molecule has 1 aromatic rings. The quantitative estimate of drug-likeness (QED) is 0.790. The van der Waals surface area contributed by atoms with Gasteiger partial charge in [0.2, 0.25) is 0 Å². The molecule has 2 aliphatic rings. The summed E-state index contributed by atoms with van der Waals surface area (Å²) in [5.74, 6) is 1.79. The Balaban J connectivity index is 1.39. The third-order valence-corrected chi connectivity index (χ3v) is 4.96. The van der Waals surface area contributed by atoms with Crippen LogP contribution >= 0.6 is 0 Å². The molecular formula is C18H28N2O. The average molecular weight is 288 g/mol. The second-order valence-electron chi connectivity index (χ2n) is 6.37. The molecule has 3 rings (SSSR count). The molecule has 0 radical (unpaired) electrons. The minimum Gasteiger partial charge on any atom is -0.492 e. The van der Waals surface area contributed by atoms with Crippen molar-refractivity contribution < 1.29 is 4.74 Å². The molecule has 2 N–H and O–H groups in total. The number of rotatable bonds is 6. The van der Waals surface area contributed by atoms with Gasteiger partial charge in [0.25, 0.3) is 0 Å². The number of nitrogens with one attached hydrogen (secondary N) is 2. The van der Waals surface area contributed by atoms with Crippen LogP contribution in [0.25, 0.3) is 0 Å². The Morgan fingerprint density at radius 1 is 1.05 bits per heavy atom. The molecule has 3 unspecified atom stereocenters. The van der Waals surface area contributed by atoms with E-state index in [0.29, 0.717) is 6.04 Å². The van der Waals surface area contributed by atoms with E-state index in [1.165, 1.54) is 45.1 Å². The molecule has 21 heavy (non-hydrogen) atoms. The summed E-state index contributed by atoms with van der Waals surface area (Å²) >= 11 is 0. The Labute approximate surface area is 128 Å². The zero-order valence-corrected chi connectivity index (χ0v) is 12.9. The average Bonchev–Trinajstić information content (AvgIpc) is 3.02. The topological polar surface area (TPSA) is 33.3 Å². The van der Waals surface area contributed by atoms with Crippen molar-refractivity contribution in [1.29, 1.82) is 0 Å². The van der Waals surface area contributed by atoms with Crippen molar-refractivity contribution in [1.82, 2.24) is 10.6 Å². The van der Waals surface area contributed by atoms with Gasteiger partial charge in [-0.2, -0.15) is 0 Å². The fourth-order valence-corrected chi connectivity index (χ4v) is 3.90. The van der Waals surface area contributed by atoms with Crippen LogP contribution in [0.5, 0.6) is 5.75 Å². The highest BCUT2D eigenvalue weighted by atomic mass is 16.5. The van der Waals surface area contributed by atoms with Gasteiger partial charge in [0.05, 0.1) is 0 Å². The molecule has 0 aromatic heterocycles. The summed E-state index contributed by atoms with van der Waals surface area (Å²) in [7, 11) is 0. The third-order valence-electron chi connectivity index (χ3n) is 4.96. The van der Waals surface area contributed by atoms with Gasteiger partial charge >= 0.3 is 0 Å². The summed E-state index contributed by atoms with van der Waals surface area (Å²) in [6.07, 6.45) is 8.21. The zero-order valence-electron chi connectivity index (χ0n) is 12.9. The fourth-order valence-electron chi connectivity index (χ4n) is 3.90. The normalized spacial score (nSPS) is 29.4. The Morgan fingerprint density at radius 3 is 2.76 bits per heavy atom. The first kappa shape index (κ1) is 14.9. The van der Waals surface area contributed by atoms with Crippen molar-refractivity contribution in [2.45, 2.75) is 50.6 Å². The smallest absolute Gasteiger partial charge is 0.119 e. The maximum absolute atomic E-state index is 5.77. The Kier molecular flexibility index (Phi) is 5.53. The van der Waals surface area contributed by atoms with Crippen LogP contribution in [-0.2, 0) is 0 Å². The predicted octanol–water partition coefficient (Wildman–Crippen LogP) is 2.97. The zero-order chi connectivity index (χ0) is 14.3. The minimum atomic E-state index is 0.681. The fraction of sp³-hybridized carbons (Fsp3) is 0.667. The van der Waals surface area contributed by atoms with Gasteiger partial charge in [-0.25, -0.2) is 0 Å². The van der Waals surface area contributed by atoms with E-state index < -0.39 is 0 Å². The van der Waals surface area contributed by atoms with Crippen LogP contribution in [0.2, 0.25) is 0 Å². The maximum Gasteiger partial charge on any atom is 0.119 e. The second kappa shape index (κ2) is 7.81. The molecule has 3 atom stereocenters. The monoisotopic (exact) mass is 288 g/mol. The van der Waals surface area contributed by atoms with Gasteiger partial charge < -0.3 is 15.4 Å². The summed E-state index contributed by atoms with van der Waals surface area (Å²) in [5.41, 5.74) is 0. The van der Waals surface area contributed by atoms with E-state index in [2.05, 4.69) is 10.6 Å². The molecule has 1 saturated heterocycles. The van der Waals surface area contributed by atoms with Crippen molar-refractivity contribution in [2.75, 3.05) is 19.7 Å². The van der Waals surface area contributed by atoms with Crippen molar-refractivity contribution in [3.8, 4) is 5.75 Å². The van der Waals surface area contributed by atoms with E-state index >= 15 is 0 Å². The van der Waals surface area contributed by atoms with Gasteiger partial charge in [-0.05, 0) is 50.3 Å². The highest BCUT2D eigenvalue weighted by Gasteiger charge is 2.33. The molecule has 3 nitrogen and oxygen atoms in total. The van der Waals surface area contributed by atoms with Gasteiger partial charge in [0.15, 0.2) is 0 Å². The van der Waals surface area contributed by atoms with Crippen LogP contribution in [0.4, 0.5) is 0 Å². The first-order valence-electron chi connectivity index (χ1n) is 8.58. The Morgan fingerprint density at radius 2 is 1.95 bits per heavy atom. The molecule has 116 valence electrons. The Hall–Kier alpha value is -1.06. The number of benzene rings is 1. The number of hydrogen-bond donors (Lipinski definition) is 2. The van der Waals surface area contributed by atoms with E-state index in [9.17, 15) is 0 Å². The van der Waals surface area contributed by atoms with Crippen molar-refractivity contribution in [3.63, 3.8) is 0 Å². The summed E-state index contributed by atoms with van der Waals surface area (Å²) in [6, 6.07) is 11.5. The lowest BCUT2D eigenvalue weighted by Gasteiger charge is -2.33. The van der Waals surface area contributed by atoms with Crippen LogP contribution in [0.1, 0.15) is 38.5 Å². The molecule has 0 spiro atoms. The van der Waals surface area contributed by atoms with Gasteiger partial charge in [-0.15, -0.1) is 0 Å². The number of para-hydroxylation sites is 1. The van der Waals surface area contributed by atoms with Crippen LogP contribution in [0, 0.1) is 5.92 Å². The highest BCUT2D eigenvalue weighted by Crippen LogP contribution is 2.31. The number of piperidine rings is 1. The largest absolute Gasteiger partial charge is 0.492 e. The molecule has 2 fully saturated rings. The second-order valence-corrected chi connectivity index (χ2v) is 6.37. The molecule has 1 aromatic carbocycles. The molecule has 1 heterocycles. The third kappa shape index (κ3) is 4.21. The molecule has 0 amide bonds. The molecule has 1 aliphatic carbocycles. The number of ether oxygens (including phenoxy) is 1. The first-order valence-corrected chi connectivity index (χ1v) is 8.58. The minimum absolute atomic E-state index is 0.681. The van der Waals surface area contributed by atoms with Crippen molar-refractivity contribution in [3.05, 3.63) is 30.3 Å². The predicted molar refractivity (Wildman–Crippen MR) is 86.7 cm³/mol. The standard InChI is InChI=1S/C18H28N2O/c1-2-7-15(8-3-1)21-14-13-20-18-11-6-9-16(18)17-10-4-5-12-19-17/h1-3,7-8,16-20H,4-6,9-14H2. The molecule has 3 heteroatoms. The lowest BCUT2D eigenvalue weighted by atomic mass is 9.88. The van der Waals surface area contributed by atoms with Crippen molar-refractivity contribution in [2.24, 2.45) is 5.92 Å². The first-order chi connectivity index (χ1) is 10.4. The summed E-state index contributed by atoms with van der Waals surface area (Å²) < 4.78 is 5.77. The van der Waals surface area contributed by atoms with E-state index in [1.807, 2.05) is 30.3 Å². The summed E-state index contributed by atoms with van der Waals surface area (Å²) in [5, 5.41) is 7.47. The van der Waals surface area contributed by atoms with Crippen LogP contribution < -0.4 is 15.4 Å². The van der Waals surface area contributed by atoms with E-state index in [4.69, 9.17) is 4.74 Å². The van der Waals surface area contributed by atoms with Crippen LogP contribution in [-0.4, -0.2) is 31.8 Å². The number of hydrogen-bond acceptors (Lipinski definition) is 3. The van der Waals surface area contributed by atoms with E-state index in [-0.39, 0.29) is 0 Å². The van der Waals surface area contributed by atoms with E-state index in [0.717, 1.165) is 30.9 Å². The van der Waals surface area contributed by atoms with Crippen molar-refractivity contribution >= 4 is 0 Å². The molecule has 1 saturated carbocycles. The lowest BCUT2D eigenvalue weighted by molar-refractivity contribution is 0.243. The molecule has 1 aliphatic heterocycles.